The molecular formula is C12H20N2O2. The molecule has 1 fully saturated rings. The lowest BCUT2D eigenvalue weighted by atomic mass is 10.1. The highest BCUT2D eigenvalue weighted by Crippen LogP contribution is 2.09. The van der Waals surface area contributed by atoms with Crippen LogP contribution in [0.2, 0.25) is 0 Å². The van der Waals surface area contributed by atoms with Crippen LogP contribution in [0.25, 0.3) is 0 Å². The third-order valence-corrected chi connectivity index (χ3v) is 2.71. The third kappa shape index (κ3) is 3.68. The van der Waals surface area contributed by atoms with Crippen LogP contribution in [0.15, 0.2) is 12.2 Å². The molecular weight excluding hydrogens is 204 g/mol. The van der Waals surface area contributed by atoms with E-state index >= 15 is 0 Å². The van der Waals surface area contributed by atoms with Gasteiger partial charge in [-0.05, 0) is 39.2 Å². The lowest BCUT2D eigenvalue weighted by molar-refractivity contribution is -0.135. The van der Waals surface area contributed by atoms with Crippen LogP contribution in [0, 0.1) is 0 Å². The van der Waals surface area contributed by atoms with Gasteiger partial charge in [0.15, 0.2) is 0 Å². The van der Waals surface area contributed by atoms with Crippen LogP contribution < -0.4 is 5.32 Å². The number of allylic oxidation sites excluding steroid dienone is 1. The molecule has 0 aromatic carbocycles. The molecule has 0 aliphatic carbocycles. The van der Waals surface area contributed by atoms with Crippen LogP contribution >= 0.6 is 0 Å². The van der Waals surface area contributed by atoms with Gasteiger partial charge in [0.2, 0.25) is 11.8 Å². The molecule has 1 saturated heterocycles. The third-order valence-electron chi connectivity index (χ3n) is 2.71. The fraction of sp³-hybridized carbons (Fsp3) is 0.667. The summed E-state index contributed by atoms with van der Waals surface area (Å²) in [5.41, 5.74) is 0. The first kappa shape index (κ1) is 12.7. The molecule has 0 aromatic heterocycles. The molecule has 1 heterocycles. The summed E-state index contributed by atoms with van der Waals surface area (Å²) in [4.78, 5) is 25.0. The van der Waals surface area contributed by atoms with Gasteiger partial charge in [0, 0.05) is 13.1 Å². The SMILES string of the molecule is CC=CC(=O)NC(C)C(=O)N1CCCCC1. The number of likely N-dealkylation sites (tertiary alicyclic amines) is 1. The summed E-state index contributed by atoms with van der Waals surface area (Å²) in [6, 6.07) is -0.429. The standard InChI is InChI=1S/C12H20N2O2/c1-3-7-11(15)13-10(2)12(16)14-8-5-4-6-9-14/h3,7,10H,4-6,8-9H2,1-2H3,(H,13,15). The molecule has 1 atom stereocenters. The zero-order valence-electron chi connectivity index (χ0n) is 10.0. The minimum Gasteiger partial charge on any atom is -0.341 e. The van der Waals surface area contributed by atoms with Gasteiger partial charge in [-0.15, -0.1) is 0 Å². The first-order valence-corrected chi connectivity index (χ1v) is 5.87. The van der Waals surface area contributed by atoms with Crippen LogP contribution in [0.1, 0.15) is 33.1 Å². The minimum absolute atomic E-state index is 0.0255. The van der Waals surface area contributed by atoms with E-state index in [1.807, 2.05) is 4.90 Å². The summed E-state index contributed by atoms with van der Waals surface area (Å²) in [5.74, 6) is -0.182. The summed E-state index contributed by atoms with van der Waals surface area (Å²) < 4.78 is 0. The van der Waals surface area contributed by atoms with Crippen molar-refractivity contribution in [1.82, 2.24) is 10.2 Å². The lowest BCUT2D eigenvalue weighted by Gasteiger charge is -2.29. The van der Waals surface area contributed by atoms with Crippen molar-refractivity contribution < 1.29 is 9.59 Å². The molecule has 4 heteroatoms. The monoisotopic (exact) mass is 224 g/mol. The molecule has 1 rings (SSSR count). The Balaban J connectivity index is 2.43. The Kier molecular flexibility index (Phi) is 5.02. The predicted molar refractivity (Wildman–Crippen MR) is 62.8 cm³/mol. The Morgan fingerprint density at radius 2 is 1.88 bits per heavy atom. The maximum Gasteiger partial charge on any atom is 0.244 e. The van der Waals surface area contributed by atoms with Crippen molar-refractivity contribution >= 4 is 11.8 Å². The topological polar surface area (TPSA) is 49.4 Å². The fourth-order valence-corrected chi connectivity index (χ4v) is 1.86. The van der Waals surface area contributed by atoms with Gasteiger partial charge in [0.25, 0.3) is 0 Å². The smallest absolute Gasteiger partial charge is 0.244 e. The molecule has 90 valence electrons. The van der Waals surface area contributed by atoms with E-state index in [4.69, 9.17) is 0 Å². The highest BCUT2D eigenvalue weighted by Gasteiger charge is 2.22. The lowest BCUT2D eigenvalue weighted by Crippen LogP contribution is -2.48. The Morgan fingerprint density at radius 3 is 2.44 bits per heavy atom. The van der Waals surface area contributed by atoms with E-state index in [-0.39, 0.29) is 11.8 Å². The van der Waals surface area contributed by atoms with Crippen LogP contribution in [0.4, 0.5) is 0 Å². The van der Waals surface area contributed by atoms with Crippen LogP contribution in [0.5, 0.6) is 0 Å². The quantitative estimate of drug-likeness (QED) is 0.729. The Labute approximate surface area is 96.7 Å². The number of hydrogen-bond donors (Lipinski definition) is 1. The van der Waals surface area contributed by atoms with Gasteiger partial charge >= 0.3 is 0 Å². The Morgan fingerprint density at radius 1 is 1.25 bits per heavy atom. The van der Waals surface area contributed by atoms with Gasteiger partial charge in [-0.2, -0.15) is 0 Å². The summed E-state index contributed by atoms with van der Waals surface area (Å²) in [7, 11) is 0. The summed E-state index contributed by atoms with van der Waals surface area (Å²) in [5, 5.41) is 2.66. The molecule has 2 amide bonds. The van der Waals surface area contributed by atoms with Gasteiger partial charge in [-0.1, -0.05) is 6.08 Å². The van der Waals surface area contributed by atoms with Crippen molar-refractivity contribution in [2.75, 3.05) is 13.1 Å². The first-order chi connectivity index (χ1) is 7.65. The average Bonchev–Trinajstić information content (AvgIpc) is 2.29. The van der Waals surface area contributed by atoms with E-state index in [9.17, 15) is 9.59 Å². The molecule has 0 bridgehead atoms. The number of carbonyl (C=O) groups excluding carboxylic acids is 2. The van der Waals surface area contributed by atoms with E-state index in [0.29, 0.717) is 0 Å². The van der Waals surface area contributed by atoms with Crippen molar-refractivity contribution in [3.8, 4) is 0 Å². The van der Waals surface area contributed by atoms with E-state index in [1.54, 1.807) is 19.9 Å². The van der Waals surface area contributed by atoms with Gasteiger partial charge < -0.3 is 10.2 Å². The average molecular weight is 224 g/mol. The molecule has 16 heavy (non-hydrogen) atoms. The number of piperidine rings is 1. The zero-order chi connectivity index (χ0) is 12.0. The fourth-order valence-electron chi connectivity index (χ4n) is 1.86. The van der Waals surface area contributed by atoms with Crippen LogP contribution in [-0.2, 0) is 9.59 Å². The minimum atomic E-state index is -0.429. The highest BCUT2D eigenvalue weighted by atomic mass is 16.2. The van der Waals surface area contributed by atoms with Crippen LogP contribution in [0.3, 0.4) is 0 Å². The molecule has 0 saturated carbocycles. The molecule has 0 spiro atoms. The van der Waals surface area contributed by atoms with E-state index in [2.05, 4.69) is 5.32 Å². The number of amides is 2. The maximum absolute atomic E-state index is 11.9. The molecule has 0 radical (unpaired) electrons. The van der Waals surface area contributed by atoms with Gasteiger partial charge in [0.1, 0.15) is 6.04 Å². The van der Waals surface area contributed by atoms with E-state index in [1.165, 1.54) is 12.5 Å². The van der Waals surface area contributed by atoms with Gasteiger partial charge in [-0.25, -0.2) is 0 Å². The van der Waals surface area contributed by atoms with Crippen molar-refractivity contribution in [3.05, 3.63) is 12.2 Å². The second-order valence-electron chi connectivity index (χ2n) is 4.12. The highest BCUT2D eigenvalue weighted by molar-refractivity contribution is 5.92. The second-order valence-corrected chi connectivity index (χ2v) is 4.12. The normalized spacial score (nSPS) is 18.5. The van der Waals surface area contributed by atoms with Gasteiger partial charge in [-0.3, -0.25) is 9.59 Å². The Bertz CT molecular complexity index is 281. The van der Waals surface area contributed by atoms with Crippen LogP contribution in [-0.4, -0.2) is 35.8 Å². The van der Waals surface area contributed by atoms with Crippen molar-refractivity contribution in [2.45, 2.75) is 39.2 Å². The van der Waals surface area contributed by atoms with E-state index in [0.717, 1.165) is 25.9 Å². The number of carbonyl (C=O) groups is 2. The van der Waals surface area contributed by atoms with Crippen molar-refractivity contribution in [2.24, 2.45) is 0 Å². The molecule has 4 nitrogen and oxygen atoms in total. The molecule has 0 aromatic rings. The van der Waals surface area contributed by atoms with Gasteiger partial charge in [0.05, 0.1) is 0 Å². The number of hydrogen-bond acceptors (Lipinski definition) is 2. The zero-order valence-corrected chi connectivity index (χ0v) is 10.0. The van der Waals surface area contributed by atoms with Crippen molar-refractivity contribution in [3.63, 3.8) is 0 Å². The number of rotatable bonds is 3. The van der Waals surface area contributed by atoms with E-state index < -0.39 is 6.04 Å². The summed E-state index contributed by atoms with van der Waals surface area (Å²) >= 11 is 0. The first-order valence-electron chi connectivity index (χ1n) is 5.87. The largest absolute Gasteiger partial charge is 0.341 e. The summed E-state index contributed by atoms with van der Waals surface area (Å²) in [6.07, 6.45) is 6.43. The number of nitrogens with one attached hydrogen (secondary N) is 1. The molecule has 1 aliphatic heterocycles. The molecule has 1 N–H and O–H groups in total. The molecule has 1 aliphatic rings. The Hall–Kier alpha value is -1.32. The second kappa shape index (κ2) is 6.30. The predicted octanol–water partition coefficient (Wildman–Crippen LogP) is 1.08. The maximum atomic E-state index is 11.9. The molecule has 1 unspecified atom stereocenters. The number of nitrogens with zero attached hydrogens (tertiary/aromatic N) is 1. The van der Waals surface area contributed by atoms with Crippen molar-refractivity contribution in [1.29, 1.82) is 0 Å². The summed E-state index contributed by atoms with van der Waals surface area (Å²) in [6.45, 7) is 5.15.